The van der Waals surface area contributed by atoms with Gasteiger partial charge in [-0.1, -0.05) is 0 Å². The fourth-order valence-electron chi connectivity index (χ4n) is 1.54. The van der Waals surface area contributed by atoms with Crippen LogP contribution in [0, 0.1) is 0 Å². The summed E-state index contributed by atoms with van der Waals surface area (Å²) in [6.45, 7) is 2.53. The molecule has 0 fully saturated rings. The van der Waals surface area contributed by atoms with Crippen molar-refractivity contribution in [2.24, 2.45) is 5.73 Å². The SMILES string of the molecule is COc1cnccc1C(=O)N(C)C(C)CCN. The number of aromatic nitrogens is 1. The summed E-state index contributed by atoms with van der Waals surface area (Å²) in [4.78, 5) is 17.8. The molecule has 0 bridgehead atoms. The van der Waals surface area contributed by atoms with Crippen LogP contribution in [0.3, 0.4) is 0 Å². The van der Waals surface area contributed by atoms with Crippen LogP contribution in [-0.2, 0) is 0 Å². The molecule has 1 heterocycles. The Balaban J connectivity index is 2.88. The number of carbonyl (C=O) groups is 1. The molecule has 5 heteroatoms. The molecule has 0 radical (unpaired) electrons. The van der Waals surface area contributed by atoms with Crippen molar-refractivity contribution in [3.8, 4) is 5.75 Å². The van der Waals surface area contributed by atoms with E-state index < -0.39 is 0 Å². The summed E-state index contributed by atoms with van der Waals surface area (Å²) in [6.07, 6.45) is 3.89. The molecule has 1 aromatic heterocycles. The highest BCUT2D eigenvalue weighted by Gasteiger charge is 2.20. The van der Waals surface area contributed by atoms with E-state index in [9.17, 15) is 4.79 Å². The zero-order chi connectivity index (χ0) is 12.8. The number of rotatable bonds is 5. The minimum Gasteiger partial charge on any atom is -0.494 e. The molecule has 0 saturated carbocycles. The Labute approximate surface area is 102 Å². The predicted molar refractivity (Wildman–Crippen MR) is 66.0 cm³/mol. The molecule has 0 aliphatic carbocycles. The second-order valence-electron chi connectivity index (χ2n) is 3.92. The van der Waals surface area contributed by atoms with Gasteiger partial charge in [-0.25, -0.2) is 0 Å². The lowest BCUT2D eigenvalue weighted by Gasteiger charge is -2.25. The van der Waals surface area contributed by atoms with Gasteiger partial charge in [-0.3, -0.25) is 9.78 Å². The first-order valence-corrected chi connectivity index (χ1v) is 5.57. The minimum atomic E-state index is -0.0785. The van der Waals surface area contributed by atoms with Crippen molar-refractivity contribution in [3.05, 3.63) is 24.0 Å². The molecule has 0 spiro atoms. The van der Waals surface area contributed by atoms with Crippen LogP contribution < -0.4 is 10.5 Å². The smallest absolute Gasteiger partial charge is 0.257 e. The quantitative estimate of drug-likeness (QED) is 0.826. The predicted octanol–water partition coefficient (Wildman–Crippen LogP) is 0.899. The van der Waals surface area contributed by atoms with E-state index in [4.69, 9.17) is 10.5 Å². The molecule has 2 N–H and O–H groups in total. The van der Waals surface area contributed by atoms with E-state index in [0.717, 1.165) is 6.42 Å². The molecule has 1 amide bonds. The van der Waals surface area contributed by atoms with Crippen LogP contribution in [0.4, 0.5) is 0 Å². The minimum absolute atomic E-state index is 0.0785. The third-order valence-corrected chi connectivity index (χ3v) is 2.80. The van der Waals surface area contributed by atoms with Gasteiger partial charge in [0.2, 0.25) is 0 Å². The second-order valence-corrected chi connectivity index (χ2v) is 3.92. The fourth-order valence-corrected chi connectivity index (χ4v) is 1.54. The highest BCUT2D eigenvalue weighted by atomic mass is 16.5. The number of methoxy groups -OCH3 is 1. The maximum atomic E-state index is 12.2. The van der Waals surface area contributed by atoms with Crippen LogP contribution in [-0.4, -0.2) is 42.5 Å². The van der Waals surface area contributed by atoms with Gasteiger partial charge in [0.1, 0.15) is 5.75 Å². The number of ether oxygens (including phenoxy) is 1. The van der Waals surface area contributed by atoms with Crippen molar-refractivity contribution in [3.63, 3.8) is 0 Å². The number of nitrogens with zero attached hydrogens (tertiary/aromatic N) is 2. The largest absolute Gasteiger partial charge is 0.494 e. The third kappa shape index (κ3) is 3.17. The van der Waals surface area contributed by atoms with E-state index in [1.807, 2.05) is 6.92 Å². The Morgan fingerprint density at radius 3 is 2.94 bits per heavy atom. The third-order valence-electron chi connectivity index (χ3n) is 2.80. The monoisotopic (exact) mass is 237 g/mol. The van der Waals surface area contributed by atoms with Crippen LogP contribution in [0.15, 0.2) is 18.5 Å². The molecule has 0 aromatic carbocycles. The maximum absolute atomic E-state index is 12.2. The van der Waals surface area contributed by atoms with Crippen molar-refractivity contribution < 1.29 is 9.53 Å². The summed E-state index contributed by atoms with van der Waals surface area (Å²) >= 11 is 0. The van der Waals surface area contributed by atoms with Gasteiger partial charge in [-0.15, -0.1) is 0 Å². The molecular formula is C12H19N3O2. The number of hydrogen-bond acceptors (Lipinski definition) is 4. The summed E-state index contributed by atoms with van der Waals surface area (Å²) in [5.41, 5.74) is 6.01. The Kier molecular flexibility index (Phi) is 4.90. The Morgan fingerprint density at radius 1 is 1.65 bits per heavy atom. The number of carbonyl (C=O) groups excluding carboxylic acids is 1. The lowest BCUT2D eigenvalue weighted by atomic mass is 10.1. The Morgan fingerprint density at radius 2 is 2.35 bits per heavy atom. The summed E-state index contributed by atoms with van der Waals surface area (Å²) in [7, 11) is 3.29. The first-order valence-electron chi connectivity index (χ1n) is 5.57. The van der Waals surface area contributed by atoms with E-state index in [0.29, 0.717) is 17.9 Å². The first kappa shape index (κ1) is 13.4. The highest BCUT2D eigenvalue weighted by molar-refractivity contribution is 5.96. The molecule has 5 nitrogen and oxygen atoms in total. The van der Waals surface area contributed by atoms with Crippen molar-refractivity contribution in [1.82, 2.24) is 9.88 Å². The zero-order valence-electron chi connectivity index (χ0n) is 10.5. The van der Waals surface area contributed by atoms with E-state index in [2.05, 4.69) is 4.98 Å². The van der Waals surface area contributed by atoms with Crippen LogP contribution in [0.5, 0.6) is 5.75 Å². The maximum Gasteiger partial charge on any atom is 0.257 e. The van der Waals surface area contributed by atoms with E-state index in [1.54, 1.807) is 24.2 Å². The van der Waals surface area contributed by atoms with Crippen molar-refractivity contribution in [1.29, 1.82) is 0 Å². The zero-order valence-corrected chi connectivity index (χ0v) is 10.5. The molecule has 0 saturated heterocycles. The summed E-state index contributed by atoms with van der Waals surface area (Å²) in [6, 6.07) is 1.76. The lowest BCUT2D eigenvalue weighted by molar-refractivity contribution is 0.0735. The standard InChI is InChI=1S/C12H19N3O2/c1-9(4-6-13)15(2)12(16)10-5-7-14-8-11(10)17-3/h5,7-9H,4,6,13H2,1-3H3. The molecule has 1 aromatic rings. The topological polar surface area (TPSA) is 68.5 Å². The number of amides is 1. The number of pyridine rings is 1. The van der Waals surface area contributed by atoms with E-state index in [1.165, 1.54) is 13.3 Å². The van der Waals surface area contributed by atoms with Gasteiger partial charge in [-0.2, -0.15) is 0 Å². The van der Waals surface area contributed by atoms with Gasteiger partial charge in [0.15, 0.2) is 0 Å². The highest BCUT2D eigenvalue weighted by Crippen LogP contribution is 2.18. The number of hydrogen-bond donors (Lipinski definition) is 1. The van der Waals surface area contributed by atoms with Gasteiger partial charge < -0.3 is 15.4 Å². The summed E-state index contributed by atoms with van der Waals surface area (Å²) < 4.78 is 5.12. The van der Waals surface area contributed by atoms with E-state index in [-0.39, 0.29) is 11.9 Å². The normalized spacial score (nSPS) is 12.0. The number of nitrogens with two attached hydrogens (primary N) is 1. The average molecular weight is 237 g/mol. The van der Waals surface area contributed by atoms with Crippen molar-refractivity contribution in [2.45, 2.75) is 19.4 Å². The average Bonchev–Trinajstić information content (AvgIpc) is 2.37. The molecule has 1 atom stereocenters. The molecule has 17 heavy (non-hydrogen) atoms. The molecule has 0 aliphatic rings. The lowest BCUT2D eigenvalue weighted by Crippen LogP contribution is -2.36. The van der Waals surface area contributed by atoms with Crippen LogP contribution in [0.1, 0.15) is 23.7 Å². The molecule has 1 rings (SSSR count). The van der Waals surface area contributed by atoms with Gasteiger partial charge in [0, 0.05) is 19.3 Å². The fraction of sp³-hybridized carbons (Fsp3) is 0.500. The van der Waals surface area contributed by atoms with Gasteiger partial charge in [0.25, 0.3) is 5.91 Å². The Bertz CT molecular complexity index is 382. The van der Waals surface area contributed by atoms with Crippen LogP contribution in [0.25, 0.3) is 0 Å². The van der Waals surface area contributed by atoms with Gasteiger partial charge >= 0.3 is 0 Å². The molecule has 1 unspecified atom stereocenters. The Hall–Kier alpha value is -1.62. The van der Waals surface area contributed by atoms with E-state index >= 15 is 0 Å². The van der Waals surface area contributed by atoms with Crippen LogP contribution >= 0.6 is 0 Å². The van der Waals surface area contributed by atoms with Crippen molar-refractivity contribution >= 4 is 5.91 Å². The second kappa shape index (κ2) is 6.20. The van der Waals surface area contributed by atoms with Crippen LogP contribution in [0.2, 0.25) is 0 Å². The first-order chi connectivity index (χ1) is 8.11. The summed E-state index contributed by atoms with van der Waals surface area (Å²) in [5, 5.41) is 0. The van der Waals surface area contributed by atoms with Crippen molar-refractivity contribution in [2.75, 3.05) is 20.7 Å². The molecule has 94 valence electrons. The summed E-state index contributed by atoms with van der Waals surface area (Å²) in [5.74, 6) is 0.412. The molecular weight excluding hydrogens is 218 g/mol. The van der Waals surface area contributed by atoms with Gasteiger partial charge in [0.05, 0.1) is 18.9 Å². The molecule has 0 aliphatic heterocycles. The van der Waals surface area contributed by atoms with Gasteiger partial charge in [-0.05, 0) is 26.0 Å².